The maximum absolute atomic E-state index is 12.3. The lowest BCUT2D eigenvalue weighted by Crippen LogP contribution is -2.37. The SMILES string of the molecule is O=c1[nH]c2ncc(-c3ccc(OCCCN4CCOCC4)cc3)cc2nc1-c1cccs1. The molecule has 0 bridgehead atoms. The van der Waals surface area contributed by atoms with Gasteiger partial charge in [0.1, 0.15) is 17.0 Å². The summed E-state index contributed by atoms with van der Waals surface area (Å²) in [5.41, 5.74) is 3.30. The molecule has 32 heavy (non-hydrogen) atoms. The van der Waals surface area contributed by atoms with E-state index >= 15 is 0 Å². The van der Waals surface area contributed by atoms with Crippen molar-refractivity contribution in [3.05, 3.63) is 64.4 Å². The summed E-state index contributed by atoms with van der Waals surface area (Å²) < 4.78 is 11.3. The molecule has 0 saturated carbocycles. The Balaban J connectivity index is 1.26. The Morgan fingerprint density at radius 3 is 2.75 bits per heavy atom. The fourth-order valence-corrected chi connectivity index (χ4v) is 4.47. The van der Waals surface area contributed by atoms with Crippen molar-refractivity contribution in [2.45, 2.75) is 6.42 Å². The van der Waals surface area contributed by atoms with Gasteiger partial charge in [-0.1, -0.05) is 18.2 Å². The van der Waals surface area contributed by atoms with E-state index in [1.807, 2.05) is 47.8 Å². The molecular formula is C24H24N4O3S. The molecule has 1 aliphatic rings. The third-order valence-electron chi connectivity index (χ3n) is 5.48. The number of rotatable bonds is 7. The van der Waals surface area contributed by atoms with Crippen molar-refractivity contribution in [3.63, 3.8) is 0 Å². The molecule has 7 nitrogen and oxygen atoms in total. The van der Waals surface area contributed by atoms with E-state index in [9.17, 15) is 4.79 Å². The molecule has 1 fully saturated rings. The summed E-state index contributed by atoms with van der Waals surface area (Å²) in [4.78, 5) is 27.4. The average molecular weight is 449 g/mol. The minimum Gasteiger partial charge on any atom is -0.494 e. The van der Waals surface area contributed by atoms with Gasteiger partial charge < -0.3 is 14.5 Å². The Hall–Kier alpha value is -3.07. The van der Waals surface area contributed by atoms with Crippen molar-refractivity contribution in [3.8, 4) is 27.4 Å². The van der Waals surface area contributed by atoms with Crippen LogP contribution in [0, 0.1) is 0 Å². The van der Waals surface area contributed by atoms with Crippen LogP contribution in [0.5, 0.6) is 5.75 Å². The van der Waals surface area contributed by atoms with Crippen molar-refractivity contribution in [2.75, 3.05) is 39.5 Å². The molecule has 5 rings (SSSR count). The fraction of sp³-hybridized carbons (Fsp3) is 0.292. The number of thiophene rings is 1. The maximum Gasteiger partial charge on any atom is 0.276 e. The molecule has 0 atom stereocenters. The van der Waals surface area contributed by atoms with E-state index < -0.39 is 0 Å². The van der Waals surface area contributed by atoms with Crippen LogP contribution in [0.3, 0.4) is 0 Å². The van der Waals surface area contributed by atoms with Crippen LogP contribution in [0.25, 0.3) is 32.9 Å². The van der Waals surface area contributed by atoms with E-state index in [0.717, 1.165) is 61.0 Å². The van der Waals surface area contributed by atoms with Crippen LogP contribution in [0.1, 0.15) is 6.42 Å². The Morgan fingerprint density at radius 2 is 1.97 bits per heavy atom. The summed E-state index contributed by atoms with van der Waals surface area (Å²) in [7, 11) is 0. The number of aromatic amines is 1. The molecule has 8 heteroatoms. The standard InChI is InChI=1S/C24H24N4O3S/c29-24-22(21-3-1-14-32-21)26-20-15-18(16-25-23(20)27-24)17-4-6-19(7-5-17)31-11-2-8-28-9-12-30-13-10-28/h1,3-7,14-16H,2,8-13H2,(H,25,27,29). The van der Waals surface area contributed by atoms with Gasteiger partial charge in [0.2, 0.25) is 0 Å². The molecule has 0 spiro atoms. The molecule has 4 heterocycles. The molecular weight excluding hydrogens is 424 g/mol. The lowest BCUT2D eigenvalue weighted by Gasteiger charge is -2.26. The van der Waals surface area contributed by atoms with Crippen LogP contribution in [0.2, 0.25) is 0 Å². The number of benzene rings is 1. The number of morpholine rings is 1. The first-order chi connectivity index (χ1) is 15.8. The topological polar surface area (TPSA) is 80.3 Å². The van der Waals surface area contributed by atoms with Crippen LogP contribution in [-0.2, 0) is 4.74 Å². The predicted octanol–water partition coefficient (Wildman–Crippen LogP) is 3.81. The average Bonchev–Trinajstić information content (AvgIpc) is 3.37. The highest BCUT2D eigenvalue weighted by Crippen LogP contribution is 2.25. The minimum atomic E-state index is -0.227. The summed E-state index contributed by atoms with van der Waals surface area (Å²) in [6.45, 7) is 5.39. The Bertz CT molecular complexity index is 1230. The number of nitrogens with one attached hydrogen (secondary N) is 1. The number of ether oxygens (including phenoxy) is 2. The molecule has 4 aromatic rings. The monoisotopic (exact) mass is 448 g/mol. The lowest BCUT2D eigenvalue weighted by atomic mass is 10.1. The van der Waals surface area contributed by atoms with Gasteiger partial charge in [-0.15, -0.1) is 11.3 Å². The minimum absolute atomic E-state index is 0.227. The van der Waals surface area contributed by atoms with Crippen molar-refractivity contribution < 1.29 is 9.47 Å². The van der Waals surface area contributed by atoms with Crippen LogP contribution >= 0.6 is 11.3 Å². The van der Waals surface area contributed by atoms with Crippen LogP contribution < -0.4 is 10.3 Å². The third kappa shape index (κ3) is 4.72. The molecule has 1 aromatic carbocycles. The predicted molar refractivity (Wildman–Crippen MR) is 126 cm³/mol. The number of aromatic nitrogens is 3. The Kier molecular flexibility index (Phi) is 6.24. The van der Waals surface area contributed by atoms with Gasteiger partial charge in [0.15, 0.2) is 5.65 Å². The summed E-state index contributed by atoms with van der Waals surface area (Å²) in [6, 6.07) is 13.8. The number of pyridine rings is 1. The summed E-state index contributed by atoms with van der Waals surface area (Å²) in [5.74, 6) is 0.854. The first kappa shape index (κ1) is 20.8. The van der Waals surface area contributed by atoms with E-state index in [2.05, 4.69) is 19.9 Å². The molecule has 164 valence electrons. The van der Waals surface area contributed by atoms with E-state index in [0.29, 0.717) is 23.5 Å². The van der Waals surface area contributed by atoms with E-state index in [-0.39, 0.29) is 5.56 Å². The molecule has 1 saturated heterocycles. The largest absolute Gasteiger partial charge is 0.494 e. The molecule has 1 aliphatic heterocycles. The molecule has 3 aromatic heterocycles. The molecule has 1 N–H and O–H groups in total. The van der Waals surface area contributed by atoms with Crippen molar-refractivity contribution >= 4 is 22.5 Å². The molecule has 0 aliphatic carbocycles. The number of hydrogen-bond donors (Lipinski definition) is 1. The third-order valence-corrected chi connectivity index (χ3v) is 6.36. The Morgan fingerprint density at radius 1 is 1.12 bits per heavy atom. The highest BCUT2D eigenvalue weighted by atomic mass is 32.1. The van der Waals surface area contributed by atoms with Crippen molar-refractivity contribution in [1.82, 2.24) is 19.9 Å². The lowest BCUT2D eigenvalue weighted by molar-refractivity contribution is 0.0358. The van der Waals surface area contributed by atoms with E-state index in [1.165, 1.54) is 11.3 Å². The molecule has 0 radical (unpaired) electrons. The second-order valence-electron chi connectivity index (χ2n) is 7.66. The van der Waals surface area contributed by atoms with Crippen molar-refractivity contribution in [2.24, 2.45) is 0 Å². The van der Waals surface area contributed by atoms with Gasteiger partial charge in [0.05, 0.1) is 24.7 Å². The number of nitrogens with zero attached hydrogens (tertiary/aromatic N) is 3. The Labute approximate surface area is 189 Å². The smallest absolute Gasteiger partial charge is 0.276 e. The highest BCUT2D eigenvalue weighted by molar-refractivity contribution is 7.13. The van der Waals surface area contributed by atoms with Crippen LogP contribution in [0.4, 0.5) is 0 Å². The summed E-state index contributed by atoms with van der Waals surface area (Å²) in [6.07, 6.45) is 2.75. The van der Waals surface area contributed by atoms with Crippen LogP contribution in [-0.4, -0.2) is 59.3 Å². The first-order valence-electron chi connectivity index (χ1n) is 10.7. The highest BCUT2D eigenvalue weighted by Gasteiger charge is 2.11. The number of fused-ring (bicyclic) bond motifs is 1. The second kappa shape index (κ2) is 9.60. The van der Waals surface area contributed by atoms with Crippen LogP contribution in [0.15, 0.2) is 58.8 Å². The van der Waals surface area contributed by atoms with Gasteiger partial charge in [0, 0.05) is 31.4 Å². The first-order valence-corrected chi connectivity index (χ1v) is 11.6. The van der Waals surface area contributed by atoms with Gasteiger partial charge >= 0.3 is 0 Å². The van der Waals surface area contributed by atoms with E-state index in [1.54, 1.807) is 6.20 Å². The van der Waals surface area contributed by atoms with Crippen molar-refractivity contribution in [1.29, 1.82) is 0 Å². The van der Waals surface area contributed by atoms with Gasteiger partial charge in [0.25, 0.3) is 5.56 Å². The van der Waals surface area contributed by atoms with Gasteiger partial charge in [-0.3, -0.25) is 9.69 Å². The summed E-state index contributed by atoms with van der Waals surface area (Å²) in [5, 5.41) is 1.93. The fourth-order valence-electron chi connectivity index (χ4n) is 3.76. The zero-order chi connectivity index (χ0) is 21.8. The van der Waals surface area contributed by atoms with Gasteiger partial charge in [-0.25, -0.2) is 9.97 Å². The van der Waals surface area contributed by atoms with E-state index in [4.69, 9.17) is 9.47 Å². The second-order valence-corrected chi connectivity index (χ2v) is 8.61. The van der Waals surface area contributed by atoms with Gasteiger partial charge in [-0.05, 0) is 41.6 Å². The molecule has 0 amide bonds. The zero-order valence-corrected chi connectivity index (χ0v) is 18.4. The summed E-state index contributed by atoms with van der Waals surface area (Å²) >= 11 is 1.49. The quantitative estimate of drug-likeness (QED) is 0.433. The zero-order valence-electron chi connectivity index (χ0n) is 17.6. The normalized spacial score (nSPS) is 14.6. The maximum atomic E-state index is 12.3. The number of H-pyrrole nitrogens is 1. The van der Waals surface area contributed by atoms with Gasteiger partial charge in [-0.2, -0.15) is 0 Å². The number of hydrogen-bond acceptors (Lipinski definition) is 7. The molecule has 0 unspecified atom stereocenters.